The molecule has 0 saturated carbocycles. The van der Waals surface area contributed by atoms with Gasteiger partial charge in [-0.2, -0.15) is 9.61 Å². The predicted octanol–water partition coefficient (Wildman–Crippen LogP) is 4.72. The second-order valence-electron chi connectivity index (χ2n) is 6.02. The van der Waals surface area contributed by atoms with Crippen LogP contribution >= 0.6 is 11.3 Å². The molecule has 0 aliphatic heterocycles. The van der Waals surface area contributed by atoms with Crippen molar-refractivity contribution in [1.82, 2.24) is 19.8 Å². The van der Waals surface area contributed by atoms with E-state index in [-0.39, 0.29) is 12.4 Å². The standard InChI is InChI=1S/C20H13FN4OS/c21-16-7-9-17(10-8-16)26-12-18-22-23-20-25(18)24-19(27-20)15-6-5-13-3-1-2-4-14(13)11-15/h1-11H,12H2. The Hall–Kier alpha value is -3.32. The molecule has 0 spiro atoms. The van der Waals surface area contributed by atoms with Gasteiger partial charge in [-0.1, -0.05) is 47.7 Å². The molecule has 0 aliphatic rings. The van der Waals surface area contributed by atoms with Gasteiger partial charge < -0.3 is 4.74 Å². The molecule has 5 aromatic rings. The molecule has 0 atom stereocenters. The first-order valence-electron chi connectivity index (χ1n) is 8.35. The van der Waals surface area contributed by atoms with Gasteiger partial charge in [-0.3, -0.25) is 0 Å². The maximum atomic E-state index is 13.0. The zero-order valence-electron chi connectivity index (χ0n) is 14.0. The van der Waals surface area contributed by atoms with Gasteiger partial charge in [0.25, 0.3) is 0 Å². The third-order valence-corrected chi connectivity index (χ3v) is 5.18. The highest BCUT2D eigenvalue weighted by atomic mass is 32.1. The van der Waals surface area contributed by atoms with Gasteiger partial charge in [0.15, 0.2) is 5.82 Å². The minimum Gasteiger partial charge on any atom is -0.486 e. The van der Waals surface area contributed by atoms with Crippen LogP contribution in [-0.4, -0.2) is 19.8 Å². The maximum Gasteiger partial charge on any atom is 0.235 e. The third kappa shape index (κ3) is 3.02. The highest BCUT2D eigenvalue weighted by Gasteiger charge is 2.14. The number of hydrogen-bond donors (Lipinski definition) is 0. The molecule has 0 N–H and O–H groups in total. The van der Waals surface area contributed by atoms with Crippen molar-refractivity contribution in [3.05, 3.63) is 78.4 Å². The Kier molecular flexibility index (Phi) is 3.79. The van der Waals surface area contributed by atoms with Crippen LogP contribution in [0.4, 0.5) is 4.39 Å². The summed E-state index contributed by atoms with van der Waals surface area (Å²) in [7, 11) is 0. The van der Waals surface area contributed by atoms with Crippen LogP contribution in [-0.2, 0) is 6.61 Å². The Morgan fingerprint density at radius 2 is 1.74 bits per heavy atom. The molecule has 5 rings (SSSR count). The van der Waals surface area contributed by atoms with E-state index in [9.17, 15) is 4.39 Å². The van der Waals surface area contributed by atoms with Gasteiger partial charge >= 0.3 is 0 Å². The number of fused-ring (bicyclic) bond motifs is 2. The molecule has 0 saturated heterocycles. The first kappa shape index (κ1) is 15.9. The van der Waals surface area contributed by atoms with Crippen LogP contribution < -0.4 is 4.74 Å². The van der Waals surface area contributed by atoms with Crippen molar-refractivity contribution in [3.8, 4) is 16.3 Å². The molecular formula is C20H13FN4OS. The summed E-state index contributed by atoms with van der Waals surface area (Å²) < 4.78 is 20.3. The van der Waals surface area contributed by atoms with Crippen molar-refractivity contribution in [1.29, 1.82) is 0 Å². The molecule has 5 nitrogen and oxygen atoms in total. The number of nitrogens with zero attached hydrogens (tertiary/aromatic N) is 4. The van der Waals surface area contributed by atoms with E-state index in [0.717, 1.165) is 10.6 Å². The fourth-order valence-electron chi connectivity index (χ4n) is 2.87. The zero-order chi connectivity index (χ0) is 18.2. The van der Waals surface area contributed by atoms with Crippen LogP contribution in [0, 0.1) is 5.82 Å². The predicted molar refractivity (Wildman–Crippen MR) is 102 cm³/mol. The second kappa shape index (κ2) is 6.44. The summed E-state index contributed by atoms with van der Waals surface area (Å²) in [6.07, 6.45) is 0. The highest BCUT2D eigenvalue weighted by Crippen LogP contribution is 2.28. The lowest BCUT2D eigenvalue weighted by Crippen LogP contribution is -2.02. The smallest absolute Gasteiger partial charge is 0.235 e. The molecule has 7 heteroatoms. The fraction of sp³-hybridized carbons (Fsp3) is 0.0500. The van der Waals surface area contributed by atoms with E-state index in [1.54, 1.807) is 16.6 Å². The summed E-state index contributed by atoms with van der Waals surface area (Å²) >= 11 is 1.48. The maximum absolute atomic E-state index is 13.0. The Labute approximate surface area is 157 Å². The third-order valence-electron chi connectivity index (χ3n) is 4.23. The van der Waals surface area contributed by atoms with Crippen molar-refractivity contribution >= 4 is 27.1 Å². The molecule has 132 valence electrons. The van der Waals surface area contributed by atoms with E-state index in [1.807, 2.05) is 12.1 Å². The van der Waals surface area contributed by atoms with E-state index < -0.39 is 0 Å². The summed E-state index contributed by atoms with van der Waals surface area (Å²) in [4.78, 5) is 0.705. The quantitative estimate of drug-likeness (QED) is 0.455. The molecule has 3 aromatic carbocycles. The van der Waals surface area contributed by atoms with Gasteiger partial charge in [-0.05, 0) is 41.1 Å². The molecule has 0 unspecified atom stereocenters. The molecule has 2 aromatic heterocycles. The molecular weight excluding hydrogens is 363 g/mol. The zero-order valence-corrected chi connectivity index (χ0v) is 14.9. The van der Waals surface area contributed by atoms with Gasteiger partial charge in [0.1, 0.15) is 23.2 Å². The van der Waals surface area contributed by atoms with Crippen molar-refractivity contribution in [2.75, 3.05) is 0 Å². The molecule has 2 heterocycles. The number of rotatable bonds is 4. The topological polar surface area (TPSA) is 52.3 Å². The monoisotopic (exact) mass is 376 g/mol. The summed E-state index contributed by atoms with van der Waals surface area (Å²) in [5.41, 5.74) is 1.04. The van der Waals surface area contributed by atoms with Crippen LogP contribution in [0.5, 0.6) is 5.75 Å². The van der Waals surface area contributed by atoms with Crippen molar-refractivity contribution in [2.45, 2.75) is 6.61 Å². The number of halogens is 1. The van der Waals surface area contributed by atoms with Gasteiger partial charge in [0.05, 0.1) is 0 Å². The lowest BCUT2D eigenvalue weighted by atomic mass is 10.1. The fourth-order valence-corrected chi connectivity index (χ4v) is 3.72. The van der Waals surface area contributed by atoms with Gasteiger partial charge in [-0.15, -0.1) is 10.2 Å². The second-order valence-corrected chi connectivity index (χ2v) is 6.98. The first-order chi connectivity index (χ1) is 13.3. The Balaban J connectivity index is 1.44. The van der Waals surface area contributed by atoms with E-state index in [4.69, 9.17) is 4.74 Å². The Morgan fingerprint density at radius 1 is 0.926 bits per heavy atom. The lowest BCUT2D eigenvalue weighted by Gasteiger charge is -2.03. The normalized spacial score (nSPS) is 11.3. The summed E-state index contributed by atoms with van der Waals surface area (Å²) in [5.74, 6) is 0.863. The number of ether oxygens (including phenoxy) is 1. The average molecular weight is 376 g/mol. The number of aromatic nitrogens is 4. The number of hydrogen-bond acceptors (Lipinski definition) is 5. The van der Waals surface area contributed by atoms with E-state index in [2.05, 4.69) is 45.6 Å². The molecule has 0 fully saturated rings. The molecule has 0 amide bonds. The van der Waals surface area contributed by atoms with Gasteiger partial charge in [0, 0.05) is 5.56 Å². The van der Waals surface area contributed by atoms with Crippen molar-refractivity contribution < 1.29 is 9.13 Å². The first-order valence-corrected chi connectivity index (χ1v) is 9.16. The average Bonchev–Trinajstić information content (AvgIpc) is 3.28. The lowest BCUT2D eigenvalue weighted by molar-refractivity contribution is 0.292. The van der Waals surface area contributed by atoms with Crippen molar-refractivity contribution in [2.24, 2.45) is 0 Å². The Morgan fingerprint density at radius 3 is 2.59 bits per heavy atom. The highest BCUT2D eigenvalue weighted by molar-refractivity contribution is 7.19. The van der Waals surface area contributed by atoms with E-state index in [1.165, 1.54) is 34.2 Å². The summed E-state index contributed by atoms with van der Waals surface area (Å²) in [6.45, 7) is 0.202. The van der Waals surface area contributed by atoms with Crippen molar-refractivity contribution in [3.63, 3.8) is 0 Å². The van der Waals surface area contributed by atoms with Crippen LogP contribution in [0.2, 0.25) is 0 Å². The SMILES string of the molecule is Fc1ccc(OCc2nnc3sc(-c4ccc5ccccc5c4)nn23)cc1. The van der Waals surface area contributed by atoms with Gasteiger partial charge in [-0.25, -0.2) is 4.39 Å². The van der Waals surface area contributed by atoms with Crippen LogP contribution in [0.25, 0.3) is 26.3 Å². The van der Waals surface area contributed by atoms with E-state index >= 15 is 0 Å². The molecule has 0 radical (unpaired) electrons. The largest absolute Gasteiger partial charge is 0.486 e. The molecule has 0 aliphatic carbocycles. The van der Waals surface area contributed by atoms with Crippen LogP contribution in [0.1, 0.15) is 5.82 Å². The van der Waals surface area contributed by atoms with Gasteiger partial charge in [0.2, 0.25) is 4.96 Å². The Bertz CT molecular complexity index is 1250. The minimum atomic E-state index is -0.299. The summed E-state index contributed by atoms with van der Waals surface area (Å²) in [5, 5.41) is 16.2. The minimum absolute atomic E-state index is 0.202. The van der Waals surface area contributed by atoms with E-state index in [0.29, 0.717) is 16.5 Å². The molecule has 0 bridgehead atoms. The summed E-state index contributed by atoms with van der Waals surface area (Å²) in [6, 6.07) is 20.4. The number of benzene rings is 3. The molecule has 27 heavy (non-hydrogen) atoms. The van der Waals surface area contributed by atoms with Crippen LogP contribution in [0.3, 0.4) is 0 Å². The van der Waals surface area contributed by atoms with Crippen LogP contribution in [0.15, 0.2) is 66.7 Å².